The summed E-state index contributed by atoms with van der Waals surface area (Å²) in [6, 6.07) is -8.99. The summed E-state index contributed by atoms with van der Waals surface area (Å²) in [6.45, 7) is 10.5. The van der Waals surface area contributed by atoms with Crippen molar-refractivity contribution >= 4 is 65.0 Å². The van der Waals surface area contributed by atoms with Crippen LogP contribution in [-0.4, -0.2) is 143 Å². The second-order valence-corrected chi connectivity index (χ2v) is 15.8. The molecule has 0 aromatic heterocycles. The van der Waals surface area contributed by atoms with Crippen LogP contribution in [0.5, 0.6) is 0 Å². The normalized spacial score (nSPS) is 17.7. The van der Waals surface area contributed by atoms with Crippen molar-refractivity contribution in [3.05, 3.63) is 0 Å². The number of nitrogens with zero attached hydrogens (tertiary/aromatic N) is 2. The second kappa shape index (κ2) is 27.1. The Labute approximate surface area is 367 Å². The maximum absolute atomic E-state index is 14.1. The highest BCUT2D eigenvalue weighted by Crippen LogP contribution is 2.21. The number of carbonyl (C=O) groups is 10. The Balaban J connectivity index is 3.43. The smallest absolute Gasteiger partial charge is 0.245 e. The van der Waals surface area contributed by atoms with E-state index in [0.29, 0.717) is 19.3 Å². The minimum Gasteiger partial charge on any atom is -0.391 e. The highest BCUT2D eigenvalue weighted by atomic mass is 16.3. The van der Waals surface area contributed by atoms with Crippen molar-refractivity contribution in [2.24, 2.45) is 39.8 Å². The van der Waals surface area contributed by atoms with Gasteiger partial charge in [0.05, 0.1) is 12.6 Å². The minimum absolute atomic E-state index is 0.00563. The van der Waals surface area contributed by atoms with E-state index in [1.54, 1.807) is 27.7 Å². The van der Waals surface area contributed by atoms with Gasteiger partial charge in [-0.2, -0.15) is 0 Å². The fourth-order valence-corrected chi connectivity index (χ4v) is 6.46. The molecular formula is C39H69N13O11. The number of aliphatic imine (C=N–C) groups is 1. The van der Waals surface area contributed by atoms with Crippen LogP contribution in [0.4, 0.5) is 0 Å². The second-order valence-electron chi connectivity index (χ2n) is 15.8. The number of aliphatic hydroxyl groups is 1. The van der Waals surface area contributed by atoms with E-state index < -0.39 is 132 Å². The zero-order valence-corrected chi connectivity index (χ0v) is 37.3. The average molecular weight is 896 g/mol. The van der Waals surface area contributed by atoms with E-state index in [9.17, 15) is 53.1 Å². The SMILES string of the molecule is CC[C@H](C)[C@H](NC(=O)[C@H](CCC(N)=O)NC(=O)[C@@H](NC(=O)[C@H](NC(=O)CNC(C)=O)[C@@H](C)CC)[C@@H](C)O)C(=O)N[C@@H](CCCN=C(N)N)C(=O)N1CCC[C@H]1C(=O)N[C@H](C)C(N)=O. The molecule has 1 saturated heterocycles. The van der Waals surface area contributed by atoms with Crippen molar-refractivity contribution in [1.82, 2.24) is 42.1 Å². The van der Waals surface area contributed by atoms with Gasteiger partial charge in [-0.15, -0.1) is 0 Å². The number of primary amides is 2. The van der Waals surface area contributed by atoms with Gasteiger partial charge in [0, 0.05) is 26.4 Å². The first-order valence-corrected chi connectivity index (χ1v) is 21.1. The van der Waals surface area contributed by atoms with Crippen LogP contribution < -0.4 is 60.2 Å². The van der Waals surface area contributed by atoms with Gasteiger partial charge in [-0.3, -0.25) is 52.9 Å². The third-order valence-electron chi connectivity index (χ3n) is 10.7. The van der Waals surface area contributed by atoms with Crippen LogP contribution in [0.3, 0.4) is 0 Å². The van der Waals surface area contributed by atoms with Crippen molar-refractivity contribution in [3.63, 3.8) is 0 Å². The molecule has 10 atom stereocenters. The first-order valence-electron chi connectivity index (χ1n) is 21.1. The summed E-state index contributed by atoms with van der Waals surface area (Å²) in [5.74, 6) is -8.89. The van der Waals surface area contributed by atoms with E-state index in [4.69, 9.17) is 22.9 Å². The van der Waals surface area contributed by atoms with Gasteiger partial charge >= 0.3 is 0 Å². The van der Waals surface area contributed by atoms with Crippen LogP contribution in [0.2, 0.25) is 0 Å². The molecule has 0 radical (unpaired) electrons. The molecule has 1 aliphatic rings. The van der Waals surface area contributed by atoms with Gasteiger partial charge in [0.1, 0.15) is 42.3 Å². The first kappa shape index (κ1) is 54.9. The van der Waals surface area contributed by atoms with Gasteiger partial charge in [0.15, 0.2) is 5.96 Å². The van der Waals surface area contributed by atoms with Gasteiger partial charge in [-0.25, -0.2) is 0 Å². The average Bonchev–Trinajstić information content (AvgIpc) is 3.71. The topological polar surface area (TPSA) is 395 Å². The molecule has 24 heteroatoms. The fraction of sp³-hybridized carbons (Fsp3) is 0.718. The highest BCUT2D eigenvalue weighted by molar-refractivity contribution is 5.98. The van der Waals surface area contributed by atoms with Crippen molar-refractivity contribution in [2.75, 3.05) is 19.6 Å². The monoisotopic (exact) mass is 896 g/mol. The van der Waals surface area contributed by atoms with Crippen molar-refractivity contribution in [3.8, 4) is 0 Å². The van der Waals surface area contributed by atoms with Gasteiger partial charge < -0.3 is 70.2 Å². The van der Waals surface area contributed by atoms with E-state index >= 15 is 0 Å². The highest BCUT2D eigenvalue weighted by Gasteiger charge is 2.40. The lowest BCUT2D eigenvalue weighted by molar-refractivity contribution is -0.142. The molecule has 63 heavy (non-hydrogen) atoms. The Morgan fingerprint density at radius 2 is 1.25 bits per heavy atom. The number of guanidine groups is 1. The van der Waals surface area contributed by atoms with Crippen LogP contribution in [0, 0.1) is 11.8 Å². The molecule has 0 aromatic rings. The number of nitrogens with two attached hydrogens (primary N) is 4. The molecule has 1 heterocycles. The van der Waals surface area contributed by atoms with Crippen molar-refractivity contribution < 1.29 is 53.1 Å². The van der Waals surface area contributed by atoms with E-state index in [2.05, 4.69) is 42.2 Å². The Morgan fingerprint density at radius 1 is 0.714 bits per heavy atom. The van der Waals surface area contributed by atoms with E-state index in [1.807, 2.05) is 0 Å². The predicted molar refractivity (Wildman–Crippen MR) is 229 cm³/mol. The molecule has 10 amide bonds. The Bertz CT molecular complexity index is 1670. The molecule has 0 unspecified atom stereocenters. The molecule has 0 bridgehead atoms. The number of likely N-dealkylation sites (tertiary alicyclic amines) is 1. The minimum atomic E-state index is -1.69. The molecule has 1 rings (SSSR count). The number of nitrogens with one attached hydrogen (secondary N) is 7. The molecular weight excluding hydrogens is 827 g/mol. The molecule has 0 saturated carbocycles. The lowest BCUT2D eigenvalue weighted by atomic mass is 9.96. The van der Waals surface area contributed by atoms with Crippen molar-refractivity contribution in [2.45, 2.75) is 148 Å². The molecule has 356 valence electrons. The summed E-state index contributed by atoms with van der Waals surface area (Å²) in [6.07, 6.45) is -0.641. The Morgan fingerprint density at radius 3 is 1.78 bits per heavy atom. The zero-order valence-electron chi connectivity index (χ0n) is 37.3. The molecule has 0 spiro atoms. The van der Waals surface area contributed by atoms with E-state index in [-0.39, 0.29) is 44.7 Å². The molecule has 0 aliphatic carbocycles. The molecule has 24 nitrogen and oxygen atoms in total. The van der Waals surface area contributed by atoms with Crippen LogP contribution in [0.25, 0.3) is 0 Å². The summed E-state index contributed by atoms with van der Waals surface area (Å²) >= 11 is 0. The maximum atomic E-state index is 14.1. The van der Waals surface area contributed by atoms with E-state index in [0.717, 1.165) is 0 Å². The first-order chi connectivity index (χ1) is 29.4. The standard InChI is InChI=1S/C39H69N13O11/c1-8-19(3)29(49-28(56)18-45-23(7)54)36(61)51-31(22(6)53)37(62)47-24(14-15-27(40)55)33(58)50-30(20(4)9-2)35(60)48-25(12-10-16-44-39(42)43)38(63)52-17-11-13-26(52)34(59)46-21(5)32(41)57/h19-22,24-26,29-31,53H,8-18H2,1-7H3,(H2,40,55)(H2,41,57)(H,45,54)(H,46,59)(H,47,62)(H,48,60)(H,49,56)(H,50,58)(H,51,61)(H4,42,43,44)/t19-,20-,21+,22+,24-,25-,26-,29+,30-,31-/m0/s1. The number of hydrogen-bond acceptors (Lipinski definition) is 12. The van der Waals surface area contributed by atoms with E-state index in [1.165, 1.54) is 25.7 Å². The largest absolute Gasteiger partial charge is 0.391 e. The molecule has 0 aromatic carbocycles. The number of amides is 10. The quantitative estimate of drug-likeness (QED) is 0.0210. The Hall–Kier alpha value is -6.07. The lowest BCUT2D eigenvalue weighted by Gasteiger charge is -2.32. The summed E-state index contributed by atoms with van der Waals surface area (Å²) in [5.41, 5.74) is 21.6. The van der Waals surface area contributed by atoms with Crippen LogP contribution >= 0.6 is 0 Å². The predicted octanol–water partition coefficient (Wildman–Crippen LogP) is -4.68. The summed E-state index contributed by atoms with van der Waals surface area (Å²) in [5, 5.41) is 28.1. The summed E-state index contributed by atoms with van der Waals surface area (Å²) in [7, 11) is 0. The number of rotatable bonds is 27. The van der Waals surface area contributed by atoms with Gasteiger partial charge in [-0.1, -0.05) is 40.5 Å². The van der Waals surface area contributed by atoms with Crippen LogP contribution in [0.1, 0.15) is 99.8 Å². The molecule has 1 fully saturated rings. The zero-order chi connectivity index (χ0) is 48.1. The fourth-order valence-electron chi connectivity index (χ4n) is 6.46. The van der Waals surface area contributed by atoms with Gasteiger partial charge in [0.25, 0.3) is 0 Å². The molecule has 1 aliphatic heterocycles. The summed E-state index contributed by atoms with van der Waals surface area (Å²) < 4.78 is 0. The van der Waals surface area contributed by atoms with Crippen LogP contribution in [0.15, 0.2) is 4.99 Å². The third-order valence-corrected chi connectivity index (χ3v) is 10.7. The van der Waals surface area contributed by atoms with Gasteiger partial charge in [0.2, 0.25) is 59.1 Å². The summed E-state index contributed by atoms with van der Waals surface area (Å²) in [4.78, 5) is 135. The number of carbonyl (C=O) groups excluding carboxylic acids is 10. The lowest BCUT2D eigenvalue weighted by Crippen LogP contribution is -2.62. The number of hydrogen-bond donors (Lipinski definition) is 12. The maximum Gasteiger partial charge on any atom is 0.245 e. The van der Waals surface area contributed by atoms with Crippen molar-refractivity contribution in [1.29, 1.82) is 0 Å². The van der Waals surface area contributed by atoms with Gasteiger partial charge in [-0.05, 0) is 57.8 Å². The third kappa shape index (κ3) is 18.8. The number of aliphatic hydroxyl groups excluding tert-OH is 1. The molecule has 16 N–H and O–H groups in total. The Kier molecular flexibility index (Phi) is 23.6. The van der Waals surface area contributed by atoms with Crippen LogP contribution in [-0.2, 0) is 47.9 Å².